The van der Waals surface area contributed by atoms with Crippen LogP contribution < -0.4 is 11.1 Å². The van der Waals surface area contributed by atoms with Gasteiger partial charge in [0.2, 0.25) is 0 Å². The first-order valence-corrected chi connectivity index (χ1v) is 10.3. The lowest BCUT2D eigenvalue weighted by molar-refractivity contribution is 0.0163. The molecule has 7 heteroatoms. The predicted octanol–water partition coefficient (Wildman–Crippen LogP) is 3.23. The molecule has 1 aromatic rings. The van der Waals surface area contributed by atoms with Crippen LogP contribution in [0, 0.1) is 5.92 Å². The molecule has 1 aliphatic heterocycles. The molecule has 6 nitrogen and oxygen atoms in total. The number of likely N-dealkylation sites (tertiary alicyclic amines) is 1. The van der Waals surface area contributed by atoms with Gasteiger partial charge < -0.3 is 20.7 Å². The van der Waals surface area contributed by atoms with E-state index in [1.54, 1.807) is 11.3 Å². The van der Waals surface area contributed by atoms with Gasteiger partial charge in [0.15, 0.2) is 5.96 Å². The molecule has 0 spiro atoms. The van der Waals surface area contributed by atoms with E-state index in [2.05, 4.69) is 27.8 Å². The Morgan fingerprint density at radius 3 is 3.00 bits per heavy atom. The van der Waals surface area contributed by atoms with E-state index < -0.39 is 5.60 Å². The molecule has 1 amide bonds. The fourth-order valence-corrected chi connectivity index (χ4v) is 3.69. The first-order valence-electron chi connectivity index (χ1n) is 9.37. The van der Waals surface area contributed by atoms with Crippen LogP contribution in [0.25, 0.3) is 0 Å². The Bertz CT molecular complexity index is 581. The van der Waals surface area contributed by atoms with Gasteiger partial charge in [0.05, 0.1) is 0 Å². The van der Waals surface area contributed by atoms with Crippen molar-refractivity contribution in [3.63, 3.8) is 0 Å². The van der Waals surface area contributed by atoms with E-state index in [-0.39, 0.29) is 6.09 Å². The molecule has 0 bridgehead atoms. The van der Waals surface area contributed by atoms with Gasteiger partial charge >= 0.3 is 6.09 Å². The van der Waals surface area contributed by atoms with Crippen LogP contribution in [0.1, 0.15) is 44.9 Å². The molecular weight excluding hydrogens is 348 g/mol. The largest absolute Gasteiger partial charge is 0.444 e. The number of rotatable bonds is 6. The standard InChI is InChI=1S/C19H32N4O2S/c1-19(2,3)25-18(24)23-12-4-6-15(14-23)8-10-21-17(20)22-11-9-16-7-5-13-26-16/h5,7,13,15H,4,6,8-12,14H2,1-3H3,(H3,20,21,22). The summed E-state index contributed by atoms with van der Waals surface area (Å²) in [6.07, 6.45) is 3.83. The third-order valence-corrected chi connectivity index (χ3v) is 5.18. The summed E-state index contributed by atoms with van der Waals surface area (Å²) in [5.74, 6) is 0.959. The molecule has 2 heterocycles. The van der Waals surface area contributed by atoms with Gasteiger partial charge in [-0.15, -0.1) is 11.3 Å². The maximum atomic E-state index is 12.2. The van der Waals surface area contributed by atoms with Gasteiger partial charge in [0.1, 0.15) is 5.60 Å². The molecular formula is C19H32N4O2S. The summed E-state index contributed by atoms with van der Waals surface area (Å²) in [6, 6.07) is 4.18. The van der Waals surface area contributed by atoms with E-state index in [1.807, 2.05) is 25.7 Å². The summed E-state index contributed by atoms with van der Waals surface area (Å²) in [5.41, 5.74) is 5.48. The SMILES string of the molecule is CC(C)(C)OC(=O)N1CCCC(CCN=C(N)NCCc2cccs2)C1. The van der Waals surface area contributed by atoms with Crippen LogP contribution in [-0.2, 0) is 11.2 Å². The quantitative estimate of drug-likeness (QED) is 0.586. The molecule has 2 rings (SSSR count). The molecule has 1 saturated heterocycles. The van der Waals surface area contributed by atoms with Gasteiger partial charge in [-0.3, -0.25) is 4.99 Å². The number of nitrogens with one attached hydrogen (secondary N) is 1. The van der Waals surface area contributed by atoms with Crippen molar-refractivity contribution in [2.45, 2.75) is 52.1 Å². The lowest BCUT2D eigenvalue weighted by Gasteiger charge is -2.34. The molecule has 1 unspecified atom stereocenters. The van der Waals surface area contributed by atoms with E-state index >= 15 is 0 Å². The molecule has 146 valence electrons. The number of hydrogen-bond donors (Lipinski definition) is 2. The number of carbonyl (C=O) groups excluding carboxylic acids is 1. The number of aliphatic imine (C=N–C) groups is 1. The number of carbonyl (C=O) groups is 1. The number of amides is 1. The average molecular weight is 381 g/mol. The Hall–Kier alpha value is -1.76. The van der Waals surface area contributed by atoms with Gasteiger partial charge in [-0.25, -0.2) is 4.79 Å². The van der Waals surface area contributed by atoms with Crippen molar-refractivity contribution >= 4 is 23.4 Å². The third-order valence-electron chi connectivity index (χ3n) is 4.25. The molecule has 0 radical (unpaired) electrons. The van der Waals surface area contributed by atoms with Crippen LogP contribution in [0.2, 0.25) is 0 Å². The van der Waals surface area contributed by atoms with Gasteiger partial charge in [0, 0.05) is 31.1 Å². The lowest BCUT2D eigenvalue weighted by atomic mass is 9.95. The molecule has 1 aliphatic rings. The Morgan fingerprint density at radius 2 is 2.31 bits per heavy atom. The minimum atomic E-state index is -0.447. The zero-order valence-electron chi connectivity index (χ0n) is 16.2. The number of ether oxygens (including phenoxy) is 1. The van der Waals surface area contributed by atoms with Gasteiger partial charge in [-0.05, 0) is 63.8 Å². The van der Waals surface area contributed by atoms with E-state index in [1.165, 1.54) is 4.88 Å². The number of nitrogens with two attached hydrogens (primary N) is 1. The van der Waals surface area contributed by atoms with Crippen molar-refractivity contribution in [3.05, 3.63) is 22.4 Å². The van der Waals surface area contributed by atoms with Crippen LogP contribution in [0.5, 0.6) is 0 Å². The van der Waals surface area contributed by atoms with Crippen molar-refractivity contribution in [1.82, 2.24) is 10.2 Å². The second kappa shape index (κ2) is 9.80. The van der Waals surface area contributed by atoms with Crippen LogP contribution in [-0.4, -0.2) is 48.7 Å². The average Bonchev–Trinajstić information content (AvgIpc) is 3.07. The van der Waals surface area contributed by atoms with Gasteiger partial charge in [-0.2, -0.15) is 0 Å². The zero-order valence-corrected chi connectivity index (χ0v) is 17.0. The van der Waals surface area contributed by atoms with E-state index in [4.69, 9.17) is 10.5 Å². The van der Waals surface area contributed by atoms with Crippen molar-refractivity contribution in [2.24, 2.45) is 16.6 Å². The monoisotopic (exact) mass is 380 g/mol. The fourth-order valence-electron chi connectivity index (χ4n) is 2.99. The number of guanidine groups is 1. The number of piperidine rings is 1. The number of hydrogen-bond acceptors (Lipinski definition) is 4. The topological polar surface area (TPSA) is 80.0 Å². The van der Waals surface area contributed by atoms with Crippen molar-refractivity contribution in [1.29, 1.82) is 0 Å². The Labute approximate surface area is 160 Å². The normalized spacial score (nSPS) is 18.7. The number of thiophene rings is 1. The summed E-state index contributed by atoms with van der Waals surface area (Å²) < 4.78 is 5.47. The summed E-state index contributed by atoms with van der Waals surface area (Å²) in [4.78, 5) is 19.8. The molecule has 1 fully saturated rings. The maximum Gasteiger partial charge on any atom is 0.410 e. The Kier molecular flexibility index (Phi) is 7.75. The van der Waals surface area contributed by atoms with Gasteiger partial charge in [-0.1, -0.05) is 6.07 Å². The highest BCUT2D eigenvalue weighted by molar-refractivity contribution is 7.09. The molecule has 0 saturated carbocycles. The highest BCUT2D eigenvalue weighted by Crippen LogP contribution is 2.21. The minimum Gasteiger partial charge on any atom is -0.444 e. The van der Waals surface area contributed by atoms with Crippen LogP contribution in [0.4, 0.5) is 4.79 Å². The number of nitrogens with zero attached hydrogens (tertiary/aromatic N) is 2. The first-order chi connectivity index (χ1) is 12.3. The van der Waals surface area contributed by atoms with Gasteiger partial charge in [0.25, 0.3) is 0 Å². The fraction of sp³-hybridized carbons (Fsp3) is 0.684. The van der Waals surface area contributed by atoms with Crippen molar-refractivity contribution < 1.29 is 9.53 Å². The highest BCUT2D eigenvalue weighted by atomic mass is 32.1. The molecule has 26 heavy (non-hydrogen) atoms. The van der Waals surface area contributed by atoms with E-state index in [0.29, 0.717) is 18.4 Å². The van der Waals surface area contributed by atoms with E-state index in [0.717, 1.165) is 45.3 Å². The molecule has 0 aliphatic carbocycles. The summed E-state index contributed by atoms with van der Waals surface area (Å²) >= 11 is 1.75. The smallest absolute Gasteiger partial charge is 0.410 e. The molecule has 1 aromatic heterocycles. The first kappa shape index (κ1) is 20.6. The molecule has 3 N–H and O–H groups in total. The zero-order chi connectivity index (χ0) is 19.0. The summed E-state index contributed by atoms with van der Waals surface area (Å²) in [7, 11) is 0. The second-order valence-corrected chi connectivity index (χ2v) is 8.78. The molecule has 1 atom stereocenters. The Balaban J connectivity index is 1.67. The summed E-state index contributed by atoms with van der Waals surface area (Å²) in [6.45, 7) is 8.70. The van der Waals surface area contributed by atoms with E-state index in [9.17, 15) is 4.79 Å². The second-order valence-electron chi connectivity index (χ2n) is 7.75. The maximum absolute atomic E-state index is 12.2. The molecule has 0 aromatic carbocycles. The van der Waals surface area contributed by atoms with Crippen molar-refractivity contribution in [2.75, 3.05) is 26.2 Å². The predicted molar refractivity (Wildman–Crippen MR) is 108 cm³/mol. The lowest BCUT2D eigenvalue weighted by Crippen LogP contribution is -2.43. The van der Waals surface area contributed by atoms with Crippen LogP contribution in [0.15, 0.2) is 22.5 Å². The van der Waals surface area contributed by atoms with Crippen LogP contribution >= 0.6 is 11.3 Å². The Morgan fingerprint density at radius 1 is 1.50 bits per heavy atom. The van der Waals surface area contributed by atoms with Crippen molar-refractivity contribution in [3.8, 4) is 0 Å². The minimum absolute atomic E-state index is 0.208. The van der Waals surface area contributed by atoms with Crippen LogP contribution in [0.3, 0.4) is 0 Å². The highest BCUT2D eigenvalue weighted by Gasteiger charge is 2.27. The third kappa shape index (κ3) is 7.64. The summed E-state index contributed by atoms with van der Waals surface area (Å²) in [5, 5.41) is 5.24.